The quantitative estimate of drug-likeness (QED) is 0.583. The summed E-state index contributed by atoms with van der Waals surface area (Å²) in [4.78, 5) is 0. The molecule has 0 spiro atoms. The molecule has 0 unspecified atom stereocenters. The molecule has 1 fully saturated rings. The minimum atomic E-state index is -2.91. The van der Waals surface area contributed by atoms with Gasteiger partial charge in [0.15, 0.2) is 9.84 Å². The third kappa shape index (κ3) is 1.14. The molecule has 1 aliphatic carbocycles. The lowest BCUT2D eigenvalue weighted by molar-refractivity contribution is 0.595. The first-order valence-corrected chi connectivity index (χ1v) is 4.94. The Morgan fingerprint density at radius 3 is 2.60 bits per heavy atom. The maximum absolute atomic E-state index is 11.0. The van der Waals surface area contributed by atoms with Gasteiger partial charge >= 0.3 is 0 Å². The molecular formula is C6H9NO2S. The van der Waals surface area contributed by atoms with Crippen LogP contribution in [-0.2, 0) is 9.84 Å². The minimum Gasteiger partial charge on any atom is -0.229 e. The third-order valence-corrected chi connectivity index (χ3v) is 4.01. The predicted octanol–water partition coefficient (Wildman–Crippen LogP) is 0.333. The van der Waals surface area contributed by atoms with Gasteiger partial charge in [0.25, 0.3) is 0 Å². The van der Waals surface area contributed by atoms with Crippen LogP contribution in [0.3, 0.4) is 0 Å². The summed E-state index contributed by atoms with van der Waals surface area (Å²) in [7, 11) is -2.91. The third-order valence-electron chi connectivity index (χ3n) is 1.76. The summed E-state index contributed by atoms with van der Waals surface area (Å²) in [5.74, 6) is -0.0551. The van der Waals surface area contributed by atoms with Gasteiger partial charge in [0.2, 0.25) is 0 Å². The first-order valence-electron chi connectivity index (χ1n) is 3.23. The molecule has 0 amide bonds. The van der Waals surface area contributed by atoms with Crippen molar-refractivity contribution < 1.29 is 8.42 Å². The number of hydrogen-bond acceptors (Lipinski definition) is 3. The van der Waals surface area contributed by atoms with Crippen molar-refractivity contribution in [3.63, 3.8) is 0 Å². The molecule has 1 saturated carbocycles. The van der Waals surface area contributed by atoms with E-state index in [1.54, 1.807) is 6.92 Å². The van der Waals surface area contributed by atoms with Crippen molar-refractivity contribution in [2.75, 3.05) is 5.75 Å². The lowest BCUT2D eigenvalue weighted by atomic mass is 10.5. The molecule has 0 aromatic heterocycles. The number of rotatable bonds is 2. The van der Waals surface area contributed by atoms with Crippen LogP contribution in [0, 0.1) is 17.2 Å². The molecular weight excluding hydrogens is 150 g/mol. The Labute approximate surface area is 60.6 Å². The molecule has 0 aliphatic heterocycles. The molecule has 1 rings (SSSR count). The van der Waals surface area contributed by atoms with E-state index in [0.29, 0.717) is 6.42 Å². The fraction of sp³-hybridized carbons (Fsp3) is 0.833. The largest absolute Gasteiger partial charge is 0.229 e. The lowest BCUT2D eigenvalue weighted by Gasteiger charge is -1.93. The summed E-state index contributed by atoms with van der Waals surface area (Å²) in [5, 5.41) is 7.98. The first kappa shape index (κ1) is 7.55. The summed E-state index contributed by atoms with van der Waals surface area (Å²) in [5.41, 5.74) is 0. The summed E-state index contributed by atoms with van der Waals surface area (Å²) >= 11 is 0. The SMILES string of the molecule is CCS(=O)(=O)[C@H]1C[C@@H]1C#N. The molecule has 0 heterocycles. The Balaban J connectivity index is 2.66. The number of sulfone groups is 1. The van der Waals surface area contributed by atoms with Crippen LogP contribution in [-0.4, -0.2) is 19.4 Å². The first-order chi connectivity index (χ1) is 4.61. The Morgan fingerprint density at radius 2 is 2.30 bits per heavy atom. The van der Waals surface area contributed by atoms with Crippen LogP contribution >= 0.6 is 0 Å². The molecule has 0 saturated heterocycles. The van der Waals surface area contributed by atoms with Crippen molar-refractivity contribution >= 4 is 9.84 Å². The van der Waals surface area contributed by atoms with Crippen LogP contribution in [0.25, 0.3) is 0 Å². The molecule has 2 atom stereocenters. The van der Waals surface area contributed by atoms with E-state index in [9.17, 15) is 8.42 Å². The van der Waals surface area contributed by atoms with E-state index in [0.717, 1.165) is 0 Å². The van der Waals surface area contributed by atoms with Crippen LogP contribution < -0.4 is 0 Å². The number of nitrogens with zero attached hydrogens (tertiary/aromatic N) is 1. The van der Waals surface area contributed by atoms with E-state index >= 15 is 0 Å². The molecule has 0 aromatic rings. The van der Waals surface area contributed by atoms with E-state index in [2.05, 4.69) is 0 Å². The van der Waals surface area contributed by atoms with Gasteiger partial charge in [0, 0.05) is 5.75 Å². The van der Waals surface area contributed by atoms with Gasteiger partial charge in [-0.3, -0.25) is 0 Å². The van der Waals surface area contributed by atoms with Crippen LogP contribution in [0.4, 0.5) is 0 Å². The molecule has 56 valence electrons. The molecule has 1 aliphatic rings. The topological polar surface area (TPSA) is 57.9 Å². The Bertz CT molecular complexity index is 262. The molecule has 0 N–H and O–H groups in total. The number of nitriles is 1. The zero-order valence-corrected chi connectivity index (χ0v) is 6.56. The smallest absolute Gasteiger partial charge is 0.154 e. The highest BCUT2D eigenvalue weighted by Gasteiger charge is 2.46. The van der Waals surface area contributed by atoms with Gasteiger partial charge in [0.05, 0.1) is 17.2 Å². The van der Waals surface area contributed by atoms with Gasteiger partial charge < -0.3 is 0 Å². The summed E-state index contributed by atoms with van der Waals surface area (Å²) in [6.07, 6.45) is 0.548. The van der Waals surface area contributed by atoms with Crippen LogP contribution in [0.5, 0.6) is 0 Å². The maximum atomic E-state index is 11.0. The zero-order chi connectivity index (χ0) is 7.78. The van der Waals surface area contributed by atoms with Crippen LogP contribution in [0.2, 0.25) is 0 Å². The van der Waals surface area contributed by atoms with Gasteiger partial charge in [-0.1, -0.05) is 6.92 Å². The average molecular weight is 159 g/mol. The van der Waals surface area contributed by atoms with Crippen molar-refractivity contribution in [2.45, 2.75) is 18.6 Å². The fourth-order valence-electron chi connectivity index (χ4n) is 0.919. The van der Waals surface area contributed by atoms with E-state index in [4.69, 9.17) is 5.26 Å². The van der Waals surface area contributed by atoms with Crippen molar-refractivity contribution in [1.82, 2.24) is 0 Å². The monoisotopic (exact) mass is 159 g/mol. The minimum absolute atomic E-state index is 0.163. The second kappa shape index (κ2) is 2.24. The van der Waals surface area contributed by atoms with Gasteiger partial charge in [-0.15, -0.1) is 0 Å². The highest BCUT2D eigenvalue weighted by molar-refractivity contribution is 7.92. The zero-order valence-electron chi connectivity index (χ0n) is 5.74. The Hall–Kier alpha value is -0.560. The highest BCUT2D eigenvalue weighted by atomic mass is 32.2. The van der Waals surface area contributed by atoms with Gasteiger partial charge in [-0.2, -0.15) is 5.26 Å². The van der Waals surface area contributed by atoms with E-state index in [1.165, 1.54) is 0 Å². The molecule has 4 heteroatoms. The maximum Gasteiger partial charge on any atom is 0.154 e. The van der Waals surface area contributed by atoms with Crippen molar-refractivity contribution in [3.05, 3.63) is 0 Å². The highest BCUT2D eigenvalue weighted by Crippen LogP contribution is 2.36. The van der Waals surface area contributed by atoms with Crippen LogP contribution in [0.15, 0.2) is 0 Å². The summed E-state index contributed by atoms with van der Waals surface area (Å²) < 4.78 is 22.0. The van der Waals surface area contributed by atoms with Crippen LogP contribution in [0.1, 0.15) is 13.3 Å². The summed E-state index contributed by atoms with van der Waals surface area (Å²) in [6, 6.07) is 1.95. The van der Waals surface area contributed by atoms with Gasteiger partial charge in [0.1, 0.15) is 0 Å². The molecule has 0 bridgehead atoms. The molecule has 0 aromatic carbocycles. The Morgan fingerprint density at radius 1 is 1.70 bits per heavy atom. The van der Waals surface area contributed by atoms with E-state index < -0.39 is 9.84 Å². The van der Waals surface area contributed by atoms with Crippen molar-refractivity contribution in [2.24, 2.45) is 5.92 Å². The average Bonchev–Trinajstić information content (AvgIpc) is 2.66. The normalized spacial score (nSPS) is 31.2. The second-order valence-electron chi connectivity index (χ2n) is 2.46. The number of hydrogen-bond donors (Lipinski definition) is 0. The lowest BCUT2D eigenvalue weighted by Crippen LogP contribution is -2.10. The van der Waals surface area contributed by atoms with Gasteiger partial charge in [-0.25, -0.2) is 8.42 Å². The standard InChI is InChI=1S/C6H9NO2S/c1-2-10(8,9)6-3-5(6)4-7/h5-6H,2-3H2,1H3/t5-,6+/m1/s1. The summed E-state index contributed by atoms with van der Waals surface area (Å²) in [6.45, 7) is 1.61. The molecule has 10 heavy (non-hydrogen) atoms. The molecule has 0 radical (unpaired) electrons. The van der Waals surface area contributed by atoms with E-state index in [1.807, 2.05) is 6.07 Å². The van der Waals surface area contributed by atoms with Crippen molar-refractivity contribution in [1.29, 1.82) is 5.26 Å². The Kier molecular flexibility index (Phi) is 1.69. The second-order valence-corrected chi connectivity index (χ2v) is 4.97. The molecule has 3 nitrogen and oxygen atoms in total. The van der Waals surface area contributed by atoms with Gasteiger partial charge in [-0.05, 0) is 6.42 Å². The van der Waals surface area contributed by atoms with Crippen molar-refractivity contribution in [3.8, 4) is 6.07 Å². The fourth-order valence-corrected chi connectivity index (χ4v) is 2.41. The predicted molar refractivity (Wildman–Crippen MR) is 37.0 cm³/mol. The van der Waals surface area contributed by atoms with E-state index in [-0.39, 0.29) is 16.9 Å².